The van der Waals surface area contributed by atoms with Gasteiger partial charge in [0.15, 0.2) is 0 Å². The van der Waals surface area contributed by atoms with Gasteiger partial charge in [-0.25, -0.2) is 0 Å². The van der Waals surface area contributed by atoms with Gasteiger partial charge in [0.1, 0.15) is 6.17 Å². The Morgan fingerprint density at radius 3 is 2.75 bits per heavy atom. The Kier molecular flexibility index (Phi) is 2.30. The number of rotatable bonds is 2. The zero-order valence-electron chi connectivity index (χ0n) is 9.56. The molecule has 1 N–H and O–H groups in total. The van der Waals surface area contributed by atoms with Gasteiger partial charge in [0.2, 0.25) is 5.91 Å². The van der Waals surface area contributed by atoms with Crippen molar-refractivity contribution in [2.24, 2.45) is 0 Å². The fourth-order valence-electron chi connectivity index (χ4n) is 2.30. The summed E-state index contributed by atoms with van der Waals surface area (Å²) in [7, 11) is 0. The number of amides is 1. The fourth-order valence-corrected chi connectivity index (χ4v) is 3.24. The Morgan fingerprint density at radius 2 is 2.19 bits per heavy atom. The highest BCUT2D eigenvalue weighted by Gasteiger charge is 2.45. The number of carbonyl (C=O) groups is 1. The fraction of sp³-hybridized carbons (Fsp3) is 0.583. The van der Waals surface area contributed by atoms with E-state index in [1.807, 2.05) is 6.92 Å². The Hall–Kier alpha value is -0.870. The number of nitrogens with zero attached hydrogens (tertiary/aromatic N) is 1. The van der Waals surface area contributed by atoms with E-state index in [-0.39, 0.29) is 18.1 Å². The van der Waals surface area contributed by atoms with E-state index in [2.05, 4.69) is 29.3 Å². The second kappa shape index (κ2) is 3.57. The van der Waals surface area contributed by atoms with Crippen LogP contribution >= 0.6 is 11.3 Å². The third-order valence-corrected chi connectivity index (χ3v) is 4.33. The first-order chi connectivity index (χ1) is 7.66. The molecular formula is C12H16N2OS. The average Bonchev–Trinajstić information content (AvgIpc) is 2.92. The van der Waals surface area contributed by atoms with Crippen LogP contribution < -0.4 is 5.32 Å². The maximum absolute atomic E-state index is 12.0. The van der Waals surface area contributed by atoms with Gasteiger partial charge in [0.05, 0.1) is 6.04 Å². The molecule has 1 aromatic heterocycles. The molecule has 3 rings (SSSR count). The number of hydrogen-bond acceptors (Lipinski definition) is 3. The van der Waals surface area contributed by atoms with E-state index in [9.17, 15) is 4.79 Å². The summed E-state index contributed by atoms with van der Waals surface area (Å²) in [6, 6.07) is 4.71. The van der Waals surface area contributed by atoms with E-state index in [0.717, 1.165) is 0 Å². The van der Waals surface area contributed by atoms with Crippen molar-refractivity contribution >= 4 is 17.2 Å². The van der Waals surface area contributed by atoms with Crippen molar-refractivity contribution in [3.63, 3.8) is 0 Å². The third kappa shape index (κ3) is 1.57. The predicted molar refractivity (Wildman–Crippen MR) is 64.3 cm³/mol. The summed E-state index contributed by atoms with van der Waals surface area (Å²) < 4.78 is 0. The lowest BCUT2D eigenvalue weighted by Gasteiger charge is -2.22. The van der Waals surface area contributed by atoms with Crippen LogP contribution in [0.2, 0.25) is 0 Å². The summed E-state index contributed by atoms with van der Waals surface area (Å²) in [6.45, 7) is 4.06. The van der Waals surface area contributed by atoms with Crippen LogP contribution in [0.3, 0.4) is 0 Å². The van der Waals surface area contributed by atoms with Crippen LogP contribution in [0, 0.1) is 6.92 Å². The van der Waals surface area contributed by atoms with Crippen LogP contribution in [0.1, 0.15) is 35.7 Å². The molecule has 2 heterocycles. The third-order valence-electron chi connectivity index (χ3n) is 3.28. The Morgan fingerprint density at radius 1 is 1.44 bits per heavy atom. The molecule has 2 fully saturated rings. The molecule has 4 heteroatoms. The van der Waals surface area contributed by atoms with Crippen LogP contribution in [0.5, 0.6) is 0 Å². The lowest BCUT2D eigenvalue weighted by molar-refractivity contribution is -0.130. The van der Waals surface area contributed by atoms with E-state index < -0.39 is 0 Å². The van der Waals surface area contributed by atoms with E-state index in [1.165, 1.54) is 22.6 Å². The van der Waals surface area contributed by atoms with Crippen molar-refractivity contribution in [3.8, 4) is 0 Å². The molecule has 1 amide bonds. The zero-order chi connectivity index (χ0) is 11.3. The van der Waals surface area contributed by atoms with Gasteiger partial charge in [-0.15, -0.1) is 11.3 Å². The molecule has 1 aromatic rings. The Bertz CT molecular complexity index is 424. The summed E-state index contributed by atoms with van der Waals surface area (Å²) in [4.78, 5) is 16.7. The van der Waals surface area contributed by atoms with Crippen molar-refractivity contribution in [1.29, 1.82) is 0 Å². The first-order valence-electron chi connectivity index (χ1n) is 5.81. The van der Waals surface area contributed by atoms with Gasteiger partial charge in [-0.05, 0) is 38.8 Å². The smallest absolute Gasteiger partial charge is 0.241 e. The zero-order valence-corrected chi connectivity index (χ0v) is 10.4. The van der Waals surface area contributed by atoms with Gasteiger partial charge in [-0.2, -0.15) is 0 Å². The summed E-state index contributed by atoms with van der Waals surface area (Å²) in [6.07, 6.45) is 2.45. The number of hydrogen-bond donors (Lipinski definition) is 1. The number of carbonyl (C=O) groups excluding carboxylic acids is 1. The van der Waals surface area contributed by atoms with Gasteiger partial charge in [-0.1, -0.05) is 0 Å². The highest BCUT2D eigenvalue weighted by molar-refractivity contribution is 7.12. The molecular weight excluding hydrogens is 220 g/mol. The Balaban J connectivity index is 1.91. The van der Waals surface area contributed by atoms with Crippen molar-refractivity contribution in [2.45, 2.75) is 44.9 Å². The topological polar surface area (TPSA) is 32.3 Å². The van der Waals surface area contributed by atoms with Crippen LogP contribution in [-0.2, 0) is 4.79 Å². The lowest BCUT2D eigenvalue weighted by Crippen LogP contribution is -2.32. The molecule has 0 aromatic carbocycles. The molecule has 1 aliphatic heterocycles. The normalized spacial score (nSPS) is 30.1. The molecule has 0 spiro atoms. The molecule has 3 nitrogen and oxygen atoms in total. The molecule has 86 valence electrons. The second-order valence-electron chi connectivity index (χ2n) is 4.72. The number of thiophene rings is 1. The van der Waals surface area contributed by atoms with Crippen LogP contribution in [0.4, 0.5) is 0 Å². The molecule has 16 heavy (non-hydrogen) atoms. The van der Waals surface area contributed by atoms with Crippen molar-refractivity contribution in [2.75, 3.05) is 0 Å². The highest BCUT2D eigenvalue weighted by Crippen LogP contribution is 2.38. The minimum absolute atomic E-state index is 0.0343. The Labute approximate surface area is 99.5 Å². The summed E-state index contributed by atoms with van der Waals surface area (Å²) in [5, 5.41) is 3.39. The summed E-state index contributed by atoms with van der Waals surface area (Å²) in [5.74, 6) is 0.263. The lowest BCUT2D eigenvalue weighted by atomic mass is 10.3. The van der Waals surface area contributed by atoms with E-state index >= 15 is 0 Å². The predicted octanol–water partition coefficient (Wildman–Crippen LogP) is 2.04. The second-order valence-corrected chi connectivity index (χ2v) is 6.04. The maximum atomic E-state index is 12.0. The van der Waals surface area contributed by atoms with Gasteiger partial charge in [0, 0.05) is 15.8 Å². The van der Waals surface area contributed by atoms with Crippen molar-refractivity contribution in [1.82, 2.24) is 10.2 Å². The van der Waals surface area contributed by atoms with E-state index in [4.69, 9.17) is 0 Å². The molecule has 2 aliphatic rings. The molecule has 1 aliphatic carbocycles. The van der Waals surface area contributed by atoms with Crippen molar-refractivity contribution < 1.29 is 4.79 Å². The molecule has 1 saturated heterocycles. The first-order valence-corrected chi connectivity index (χ1v) is 6.63. The van der Waals surface area contributed by atoms with Crippen LogP contribution in [-0.4, -0.2) is 22.9 Å². The maximum Gasteiger partial charge on any atom is 0.241 e. The highest BCUT2D eigenvalue weighted by atomic mass is 32.1. The molecule has 0 radical (unpaired) electrons. The minimum atomic E-state index is -0.0343. The SMILES string of the molecule is Cc1ccc(C2NC(C)C(=O)N2C2CC2)s1. The van der Waals surface area contributed by atoms with Crippen LogP contribution in [0.15, 0.2) is 12.1 Å². The van der Waals surface area contributed by atoms with E-state index in [1.54, 1.807) is 11.3 Å². The monoisotopic (exact) mass is 236 g/mol. The average molecular weight is 236 g/mol. The van der Waals surface area contributed by atoms with Gasteiger partial charge in [0.25, 0.3) is 0 Å². The molecule has 1 saturated carbocycles. The quantitative estimate of drug-likeness (QED) is 0.852. The number of nitrogens with one attached hydrogen (secondary N) is 1. The van der Waals surface area contributed by atoms with Gasteiger partial charge < -0.3 is 4.90 Å². The van der Waals surface area contributed by atoms with Crippen LogP contribution in [0.25, 0.3) is 0 Å². The van der Waals surface area contributed by atoms with Gasteiger partial charge >= 0.3 is 0 Å². The molecule has 2 atom stereocenters. The van der Waals surface area contributed by atoms with Crippen molar-refractivity contribution in [3.05, 3.63) is 21.9 Å². The summed E-state index contributed by atoms with van der Waals surface area (Å²) >= 11 is 1.78. The largest absolute Gasteiger partial charge is 0.318 e. The van der Waals surface area contributed by atoms with Gasteiger partial charge in [-0.3, -0.25) is 10.1 Å². The standard InChI is InChI=1S/C12H16N2OS/c1-7-3-6-10(16-7)11-13-8(2)12(15)14(11)9-4-5-9/h3,6,8-9,11,13H,4-5H2,1-2H3. The molecule has 0 bridgehead atoms. The first kappa shape index (κ1) is 10.3. The summed E-state index contributed by atoms with van der Waals surface area (Å²) in [5.41, 5.74) is 0. The van der Waals surface area contributed by atoms with E-state index in [0.29, 0.717) is 6.04 Å². The number of aryl methyl sites for hydroxylation is 1. The minimum Gasteiger partial charge on any atom is -0.318 e. The molecule has 2 unspecified atom stereocenters.